The van der Waals surface area contributed by atoms with Crippen molar-refractivity contribution >= 4 is 41.9 Å². The molecule has 0 amide bonds. The van der Waals surface area contributed by atoms with Crippen molar-refractivity contribution < 1.29 is 4.79 Å². The summed E-state index contributed by atoms with van der Waals surface area (Å²) in [5.41, 5.74) is 6.82. The Balaban J connectivity index is 2.53. The van der Waals surface area contributed by atoms with Gasteiger partial charge in [-0.3, -0.25) is 0 Å². The van der Waals surface area contributed by atoms with Crippen molar-refractivity contribution in [3.8, 4) is 0 Å². The van der Waals surface area contributed by atoms with Gasteiger partial charge >= 0.3 is 85.6 Å². The summed E-state index contributed by atoms with van der Waals surface area (Å²) >= 11 is -0.935. The number of carbonyl (C=O) groups is 1. The molecule has 0 fully saturated rings. The minimum atomic E-state index is -0.935. The van der Waals surface area contributed by atoms with Gasteiger partial charge in [0.15, 0.2) is 0 Å². The molecule has 6 nitrogen and oxygen atoms in total. The molecular weight excluding hydrogens is 245 g/mol. The van der Waals surface area contributed by atoms with Crippen LogP contribution in [0.3, 0.4) is 0 Å². The molecule has 0 aliphatic heterocycles. The van der Waals surface area contributed by atoms with Gasteiger partial charge in [-0.15, -0.1) is 0 Å². The van der Waals surface area contributed by atoms with Crippen molar-refractivity contribution in [3.05, 3.63) is 6.33 Å². The molecule has 0 saturated heterocycles. The van der Waals surface area contributed by atoms with E-state index in [2.05, 4.69) is 19.9 Å². The Labute approximate surface area is 86.0 Å². The number of imidazole rings is 1. The molecule has 3 N–H and O–H groups in total. The van der Waals surface area contributed by atoms with Crippen molar-refractivity contribution in [2.75, 3.05) is 5.73 Å². The number of aromatic amines is 1. The van der Waals surface area contributed by atoms with Gasteiger partial charge in [0.25, 0.3) is 0 Å². The van der Waals surface area contributed by atoms with Crippen LogP contribution in [0.2, 0.25) is 0 Å². The average Bonchev–Trinajstić information content (AvgIpc) is 2.50. The number of aromatic nitrogens is 4. The van der Waals surface area contributed by atoms with E-state index in [-0.39, 0.29) is 4.57 Å². The Hall–Kier alpha value is -1.42. The standard InChI is InChI=1S/C7H8AsN5O/c1-3(14)8-7-12-5(9)4-6(13-7)11-2-10-4/h2,8H,1H3,(H3,9,10,11,12,13). The molecule has 0 radical (unpaired) electrons. The zero-order valence-electron chi connectivity index (χ0n) is 7.40. The van der Waals surface area contributed by atoms with Crippen LogP contribution in [-0.2, 0) is 4.79 Å². The third kappa shape index (κ3) is 1.61. The van der Waals surface area contributed by atoms with Crippen molar-refractivity contribution in [2.24, 2.45) is 0 Å². The fourth-order valence-corrected chi connectivity index (χ4v) is 2.44. The average molecular weight is 253 g/mol. The summed E-state index contributed by atoms with van der Waals surface area (Å²) in [5, 5.41) is 0. The Morgan fingerprint density at radius 2 is 2.36 bits per heavy atom. The topological polar surface area (TPSA) is 97.6 Å². The first-order valence-electron chi connectivity index (χ1n) is 3.91. The van der Waals surface area contributed by atoms with Crippen LogP contribution in [0, 0.1) is 0 Å². The van der Waals surface area contributed by atoms with Gasteiger partial charge in [0.1, 0.15) is 0 Å². The second-order valence-corrected chi connectivity index (χ2v) is 5.65. The van der Waals surface area contributed by atoms with Crippen LogP contribution in [-0.4, -0.2) is 40.3 Å². The van der Waals surface area contributed by atoms with Crippen molar-refractivity contribution in [1.29, 1.82) is 0 Å². The van der Waals surface area contributed by atoms with Crippen LogP contribution >= 0.6 is 0 Å². The number of hydrogen-bond acceptors (Lipinski definition) is 5. The molecule has 0 bridgehead atoms. The molecule has 0 saturated carbocycles. The number of nitrogen functional groups attached to an aromatic ring is 1. The second-order valence-electron chi connectivity index (χ2n) is 2.71. The van der Waals surface area contributed by atoms with Gasteiger partial charge in [-0.05, 0) is 0 Å². The number of carbonyl (C=O) groups excluding carboxylic acids is 1. The van der Waals surface area contributed by atoms with Crippen LogP contribution in [0.15, 0.2) is 6.33 Å². The fourth-order valence-electron chi connectivity index (χ4n) is 1.07. The summed E-state index contributed by atoms with van der Waals surface area (Å²) < 4.78 is 0.661. The molecule has 2 aromatic heterocycles. The third-order valence-electron chi connectivity index (χ3n) is 1.60. The van der Waals surface area contributed by atoms with E-state index in [9.17, 15) is 4.79 Å². The Morgan fingerprint density at radius 3 is 3.07 bits per heavy atom. The Kier molecular flexibility index (Phi) is 2.21. The zero-order chi connectivity index (χ0) is 10.1. The summed E-state index contributed by atoms with van der Waals surface area (Å²) in [6, 6.07) is 0. The van der Waals surface area contributed by atoms with Gasteiger partial charge in [-0.25, -0.2) is 0 Å². The number of H-pyrrole nitrogens is 1. The monoisotopic (exact) mass is 253 g/mol. The van der Waals surface area contributed by atoms with Crippen LogP contribution in [0.5, 0.6) is 0 Å². The van der Waals surface area contributed by atoms with E-state index in [4.69, 9.17) is 5.73 Å². The van der Waals surface area contributed by atoms with Gasteiger partial charge in [0.2, 0.25) is 0 Å². The van der Waals surface area contributed by atoms with Gasteiger partial charge in [0, 0.05) is 0 Å². The van der Waals surface area contributed by atoms with E-state index in [1.807, 2.05) is 0 Å². The third-order valence-corrected chi connectivity index (χ3v) is 3.28. The van der Waals surface area contributed by atoms with Crippen molar-refractivity contribution in [3.63, 3.8) is 0 Å². The molecule has 0 spiro atoms. The quantitative estimate of drug-likeness (QED) is 0.638. The first-order valence-corrected chi connectivity index (χ1v) is 6.01. The maximum absolute atomic E-state index is 10.9. The predicted molar refractivity (Wildman–Crippen MR) is 53.6 cm³/mol. The summed E-state index contributed by atoms with van der Waals surface area (Å²) in [6.45, 7) is 1.54. The van der Waals surface area contributed by atoms with Gasteiger partial charge in [-0.2, -0.15) is 0 Å². The minimum absolute atomic E-state index is 0.124. The molecule has 14 heavy (non-hydrogen) atoms. The fraction of sp³-hybridized carbons (Fsp3) is 0.143. The Morgan fingerprint density at radius 1 is 1.57 bits per heavy atom. The molecule has 0 aliphatic rings. The molecule has 72 valence electrons. The predicted octanol–water partition coefficient (Wildman–Crippen LogP) is -1.46. The first kappa shape index (κ1) is 9.15. The van der Waals surface area contributed by atoms with Crippen LogP contribution in [0.1, 0.15) is 6.92 Å². The van der Waals surface area contributed by atoms with E-state index in [1.165, 1.54) is 13.3 Å². The number of nitrogens with zero attached hydrogens (tertiary/aromatic N) is 3. The van der Waals surface area contributed by atoms with E-state index >= 15 is 0 Å². The summed E-state index contributed by atoms with van der Waals surface area (Å²) in [5.74, 6) is 0.354. The zero-order valence-corrected chi connectivity index (χ0v) is 9.50. The van der Waals surface area contributed by atoms with Crippen molar-refractivity contribution in [1.82, 2.24) is 19.9 Å². The molecular formula is C7H8AsN5O. The van der Waals surface area contributed by atoms with E-state index in [0.29, 0.717) is 21.6 Å². The molecule has 0 aliphatic carbocycles. The SMILES string of the molecule is CC(=O)[AsH]c1nc(N)c2[nH]cnc2n1. The number of anilines is 1. The number of rotatable bonds is 2. The molecule has 2 rings (SSSR count). The van der Waals surface area contributed by atoms with E-state index in [0.717, 1.165) is 0 Å². The molecule has 1 atom stereocenters. The maximum atomic E-state index is 10.9. The van der Waals surface area contributed by atoms with Crippen molar-refractivity contribution in [2.45, 2.75) is 6.92 Å². The normalized spacial score (nSPS) is 11.5. The summed E-state index contributed by atoms with van der Waals surface area (Å²) in [7, 11) is 0. The number of nitrogens with one attached hydrogen (secondary N) is 1. The molecule has 7 heteroatoms. The van der Waals surface area contributed by atoms with Gasteiger partial charge in [0.05, 0.1) is 0 Å². The van der Waals surface area contributed by atoms with Crippen LogP contribution in [0.4, 0.5) is 5.82 Å². The van der Waals surface area contributed by atoms with Crippen LogP contribution < -0.4 is 10.3 Å². The Bertz CT molecular complexity index is 494. The number of nitrogens with two attached hydrogens (primary N) is 1. The first-order chi connectivity index (χ1) is 6.66. The summed E-state index contributed by atoms with van der Waals surface area (Å²) in [6.07, 6.45) is 1.51. The number of hydrogen-bond donors (Lipinski definition) is 2. The van der Waals surface area contributed by atoms with Gasteiger partial charge in [-0.1, -0.05) is 0 Å². The summed E-state index contributed by atoms with van der Waals surface area (Å²) in [4.78, 5) is 25.9. The van der Waals surface area contributed by atoms with E-state index < -0.39 is 15.8 Å². The van der Waals surface area contributed by atoms with Crippen LogP contribution in [0.25, 0.3) is 11.2 Å². The second kappa shape index (κ2) is 3.38. The van der Waals surface area contributed by atoms with E-state index in [1.54, 1.807) is 0 Å². The molecule has 1 unspecified atom stereocenters. The molecule has 0 aromatic carbocycles. The van der Waals surface area contributed by atoms with Gasteiger partial charge < -0.3 is 0 Å². The molecule has 2 aromatic rings. The number of fused-ring (bicyclic) bond motifs is 1. The molecule has 2 heterocycles.